The average Bonchev–Trinajstić information content (AvgIpc) is 2.53. The smallest absolute Gasteiger partial charge is 0.132 e. The largest absolute Gasteiger partial charge is 0.489 e. The Balaban J connectivity index is 1.93. The number of rotatable bonds is 8. The summed E-state index contributed by atoms with van der Waals surface area (Å²) in [4.78, 5) is 4.34. The van der Waals surface area contributed by atoms with E-state index in [4.69, 9.17) is 4.74 Å². The van der Waals surface area contributed by atoms with Crippen molar-refractivity contribution in [2.24, 2.45) is 0 Å². The van der Waals surface area contributed by atoms with Gasteiger partial charge in [-0.05, 0) is 43.5 Å². The van der Waals surface area contributed by atoms with Crippen molar-refractivity contribution in [1.29, 1.82) is 0 Å². The van der Waals surface area contributed by atoms with Crippen LogP contribution in [0.1, 0.15) is 37.8 Å². The number of nitrogens with zero attached hydrogens (tertiary/aromatic N) is 1. The summed E-state index contributed by atoms with van der Waals surface area (Å²) in [5.41, 5.74) is 2.45. The predicted octanol–water partition coefficient (Wildman–Crippen LogP) is 4.44. The fourth-order valence-electron chi connectivity index (χ4n) is 2.18. The molecule has 0 spiro atoms. The second kappa shape index (κ2) is 8.30. The second-order valence-corrected chi connectivity index (χ2v) is 5.08. The SMILES string of the molecule is CCCCc1ccc(OCc2cccnc2NCC)cc1. The minimum Gasteiger partial charge on any atom is -0.489 e. The van der Waals surface area contributed by atoms with E-state index in [9.17, 15) is 0 Å². The van der Waals surface area contributed by atoms with Crippen LogP contribution in [0.25, 0.3) is 0 Å². The first-order valence-electron chi connectivity index (χ1n) is 7.73. The fraction of sp³-hybridized carbons (Fsp3) is 0.389. The molecule has 0 fully saturated rings. The lowest BCUT2D eigenvalue weighted by atomic mass is 10.1. The Hall–Kier alpha value is -2.03. The summed E-state index contributed by atoms with van der Waals surface area (Å²) in [6.45, 7) is 5.67. The van der Waals surface area contributed by atoms with E-state index in [-0.39, 0.29) is 0 Å². The number of aromatic nitrogens is 1. The molecular formula is C18H24N2O. The van der Waals surface area contributed by atoms with Gasteiger partial charge in [0.1, 0.15) is 18.2 Å². The van der Waals surface area contributed by atoms with E-state index in [0.29, 0.717) is 6.61 Å². The van der Waals surface area contributed by atoms with E-state index in [1.807, 2.05) is 24.3 Å². The zero-order valence-corrected chi connectivity index (χ0v) is 12.9. The summed E-state index contributed by atoms with van der Waals surface area (Å²) in [6.07, 6.45) is 5.41. The van der Waals surface area contributed by atoms with Gasteiger partial charge in [-0.25, -0.2) is 4.98 Å². The van der Waals surface area contributed by atoms with Gasteiger partial charge in [0.2, 0.25) is 0 Å². The third-order valence-corrected chi connectivity index (χ3v) is 3.37. The molecule has 112 valence electrons. The monoisotopic (exact) mass is 284 g/mol. The Morgan fingerprint density at radius 3 is 2.62 bits per heavy atom. The number of hydrogen-bond donors (Lipinski definition) is 1. The lowest BCUT2D eigenvalue weighted by Gasteiger charge is -2.11. The third kappa shape index (κ3) is 4.78. The molecule has 1 aromatic heterocycles. The van der Waals surface area contributed by atoms with Crippen LogP contribution in [0.15, 0.2) is 42.6 Å². The minimum absolute atomic E-state index is 0.532. The van der Waals surface area contributed by atoms with Gasteiger partial charge in [0.15, 0.2) is 0 Å². The maximum atomic E-state index is 5.86. The molecule has 3 heteroatoms. The summed E-state index contributed by atoms with van der Waals surface area (Å²) in [5.74, 6) is 1.81. The van der Waals surface area contributed by atoms with Gasteiger partial charge in [-0.1, -0.05) is 31.5 Å². The Bertz CT molecular complexity index is 537. The molecule has 0 bridgehead atoms. The van der Waals surface area contributed by atoms with Crippen LogP contribution < -0.4 is 10.1 Å². The highest BCUT2D eigenvalue weighted by Crippen LogP contribution is 2.18. The zero-order chi connectivity index (χ0) is 14.9. The first-order chi connectivity index (χ1) is 10.3. The topological polar surface area (TPSA) is 34.1 Å². The lowest BCUT2D eigenvalue weighted by molar-refractivity contribution is 0.306. The van der Waals surface area contributed by atoms with Gasteiger partial charge < -0.3 is 10.1 Å². The summed E-state index contributed by atoms with van der Waals surface area (Å²) in [5, 5.41) is 3.25. The van der Waals surface area contributed by atoms with Crippen molar-refractivity contribution in [3.8, 4) is 5.75 Å². The molecule has 1 N–H and O–H groups in total. The molecule has 0 radical (unpaired) electrons. The number of unbranched alkanes of at least 4 members (excludes halogenated alkanes) is 1. The van der Waals surface area contributed by atoms with Crippen molar-refractivity contribution >= 4 is 5.82 Å². The molecule has 1 heterocycles. The zero-order valence-electron chi connectivity index (χ0n) is 12.9. The van der Waals surface area contributed by atoms with Crippen molar-refractivity contribution in [3.05, 3.63) is 53.7 Å². The Kier molecular flexibility index (Phi) is 6.07. The molecule has 0 unspecified atom stereocenters. The Morgan fingerprint density at radius 2 is 1.90 bits per heavy atom. The van der Waals surface area contributed by atoms with E-state index >= 15 is 0 Å². The molecule has 1 aromatic carbocycles. The van der Waals surface area contributed by atoms with Crippen molar-refractivity contribution in [3.63, 3.8) is 0 Å². The van der Waals surface area contributed by atoms with Gasteiger partial charge >= 0.3 is 0 Å². The van der Waals surface area contributed by atoms with Gasteiger partial charge in [0.05, 0.1) is 0 Å². The molecule has 2 rings (SSSR count). The van der Waals surface area contributed by atoms with E-state index in [0.717, 1.165) is 30.1 Å². The third-order valence-electron chi connectivity index (χ3n) is 3.37. The molecule has 3 nitrogen and oxygen atoms in total. The van der Waals surface area contributed by atoms with Crippen LogP contribution in [0.5, 0.6) is 5.75 Å². The minimum atomic E-state index is 0.532. The molecule has 21 heavy (non-hydrogen) atoms. The number of hydrogen-bond acceptors (Lipinski definition) is 3. The molecule has 0 saturated heterocycles. The van der Waals surface area contributed by atoms with Gasteiger partial charge in [-0.3, -0.25) is 0 Å². The summed E-state index contributed by atoms with van der Waals surface area (Å²) >= 11 is 0. The highest BCUT2D eigenvalue weighted by Gasteiger charge is 2.03. The maximum absolute atomic E-state index is 5.86. The van der Waals surface area contributed by atoms with E-state index < -0.39 is 0 Å². The summed E-state index contributed by atoms with van der Waals surface area (Å²) in [6, 6.07) is 12.4. The normalized spacial score (nSPS) is 10.4. The highest BCUT2D eigenvalue weighted by atomic mass is 16.5. The second-order valence-electron chi connectivity index (χ2n) is 5.08. The first-order valence-corrected chi connectivity index (χ1v) is 7.73. The van der Waals surface area contributed by atoms with E-state index in [1.54, 1.807) is 6.20 Å². The number of benzene rings is 1. The molecule has 0 amide bonds. The van der Waals surface area contributed by atoms with Crippen molar-refractivity contribution < 1.29 is 4.74 Å². The van der Waals surface area contributed by atoms with Crippen molar-refractivity contribution in [2.45, 2.75) is 39.7 Å². The average molecular weight is 284 g/mol. The van der Waals surface area contributed by atoms with Gasteiger partial charge in [-0.2, -0.15) is 0 Å². The van der Waals surface area contributed by atoms with Crippen LogP contribution in [0.4, 0.5) is 5.82 Å². The standard InChI is InChI=1S/C18H24N2O/c1-3-5-7-15-9-11-17(12-10-15)21-14-16-8-6-13-20-18(16)19-4-2/h6,8-13H,3-5,7,14H2,1-2H3,(H,19,20). The van der Waals surface area contributed by atoms with E-state index in [1.165, 1.54) is 18.4 Å². The quantitative estimate of drug-likeness (QED) is 0.778. The maximum Gasteiger partial charge on any atom is 0.132 e. The molecule has 0 aliphatic rings. The van der Waals surface area contributed by atoms with Gasteiger partial charge in [0.25, 0.3) is 0 Å². The van der Waals surface area contributed by atoms with Crippen LogP contribution in [0.2, 0.25) is 0 Å². The number of nitrogens with one attached hydrogen (secondary N) is 1. The summed E-state index contributed by atoms with van der Waals surface area (Å²) in [7, 11) is 0. The number of ether oxygens (including phenoxy) is 1. The molecular weight excluding hydrogens is 260 g/mol. The molecule has 0 saturated carbocycles. The number of pyridine rings is 1. The lowest BCUT2D eigenvalue weighted by Crippen LogP contribution is -2.05. The van der Waals surface area contributed by atoms with Gasteiger partial charge in [-0.15, -0.1) is 0 Å². The first kappa shape index (κ1) is 15.4. The van der Waals surface area contributed by atoms with Crippen LogP contribution in [0.3, 0.4) is 0 Å². The van der Waals surface area contributed by atoms with Crippen LogP contribution in [-0.2, 0) is 13.0 Å². The molecule has 0 aliphatic heterocycles. The van der Waals surface area contributed by atoms with E-state index in [2.05, 4.69) is 36.3 Å². The fourth-order valence-corrected chi connectivity index (χ4v) is 2.18. The van der Waals surface area contributed by atoms with Crippen LogP contribution in [-0.4, -0.2) is 11.5 Å². The molecule has 0 atom stereocenters. The summed E-state index contributed by atoms with van der Waals surface area (Å²) < 4.78 is 5.86. The number of anilines is 1. The number of aryl methyl sites for hydroxylation is 1. The van der Waals surface area contributed by atoms with Crippen molar-refractivity contribution in [2.75, 3.05) is 11.9 Å². The molecule has 2 aromatic rings. The van der Waals surface area contributed by atoms with Crippen molar-refractivity contribution in [1.82, 2.24) is 4.98 Å². The Labute approximate surface area is 127 Å². The molecule has 0 aliphatic carbocycles. The highest BCUT2D eigenvalue weighted by molar-refractivity contribution is 5.43. The van der Waals surface area contributed by atoms with Crippen LogP contribution >= 0.6 is 0 Å². The predicted molar refractivity (Wildman–Crippen MR) is 87.8 cm³/mol. The van der Waals surface area contributed by atoms with Crippen LogP contribution in [0, 0.1) is 0 Å². The van der Waals surface area contributed by atoms with Gasteiger partial charge in [0, 0.05) is 18.3 Å². The Morgan fingerprint density at radius 1 is 1.10 bits per heavy atom.